The van der Waals surface area contributed by atoms with Gasteiger partial charge in [-0.2, -0.15) is 0 Å². The van der Waals surface area contributed by atoms with Crippen molar-refractivity contribution < 1.29 is 33.3 Å². The largest absolute Gasteiger partial charge is 0.459 e. The van der Waals surface area contributed by atoms with Crippen molar-refractivity contribution in [3.8, 4) is 0 Å². The minimum absolute atomic E-state index is 0.138. The van der Waals surface area contributed by atoms with Crippen molar-refractivity contribution in [2.45, 2.75) is 62.9 Å². The number of ether oxygens (including phenoxy) is 3. The molecule has 4 aromatic rings. The van der Waals surface area contributed by atoms with Crippen LogP contribution in [0.25, 0.3) is 11.2 Å². The van der Waals surface area contributed by atoms with Gasteiger partial charge in [-0.05, 0) is 37.1 Å². The Hall–Kier alpha value is -4.42. The van der Waals surface area contributed by atoms with E-state index in [9.17, 15) is 14.7 Å². The molecule has 3 heterocycles. The van der Waals surface area contributed by atoms with E-state index >= 15 is 4.39 Å². The van der Waals surface area contributed by atoms with Gasteiger partial charge in [0.25, 0.3) is 0 Å². The van der Waals surface area contributed by atoms with Gasteiger partial charge in [-0.15, -0.1) is 0 Å². The van der Waals surface area contributed by atoms with E-state index < -0.39 is 43.2 Å². The van der Waals surface area contributed by atoms with E-state index in [0.29, 0.717) is 16.9 Å². The fraction of sp³-hybridized carbons (Fsp3) is 0.367. The lowest BCUT2D eigenvalue weighted by atomic mass is 10.1. The summed E-state index contributed by atoms with van der Waals surface area (Å²) in [6.07, 6.45) is -0.159. The van der Waals surface area contributed by atoms with Gasteiger partial charge in [-0.25, -0.2) is 28.9 Å². The van der Waals surface area contributed by atoms with Crippen LogP contribution in [0.2, 0.25) is 0 Å². The van der Waals surface area contributed by atoms with Crippen molar-refractivity contribution in [3.05, 3.63) is 83.9 Å². The summed E-state index contributed by atoms with van der Waals surface area (Å²) >= 11 is 0. The van der Waals surface area contributed by atoms with Crippen molar-refractivity contribution in [2.75, 3.05) is 11.9 Å². The van der Waals surface area contributed by atoms with Gasteiger partial charge >= 0.3 is 11.9 Å². The topological polar surface area (TPSA) is 138 Å². The summed E-state index contributed by atoms with van der Waals surface area (Å²) in [5.74, 6) is -0.778. The Morgan fingerprint density at radius 1 is 1.00 bits per heavy atom. The predicted molar refractivity (Wildman–Crippen MR) is 148 cm³/mol. The zero-order valence-corrected chi connectivity index (χ0v) is 22.6. The Morgan fingerprint density at radius 3 is 2.33 bits per heavy atom. The quantitative estimate of drug-likeness (QED) is 0.282. The summed E-state index contributed by atoms with van der Waals surface area (Å²) in [6.45, 7) is -0.796. The van der Waals surface area contributed by atoms with Crippen LogP contribution >= 0.6 is 0 Å². The second-order valence-electron chi connectivity index (χ2n) is 10.3. The average molecular weight is 576 g/mol. The van der Waals surface area contributed by atoms with Gasteiger partial charge in [0, 0.05) is 6.04 Å². The fourth-order valence-corrected chi connectivity index (χ4v) is 5.36. The van der Waals surface area contributed by atoms with Crippen molar-refractivity contribution >= 4 is 28.9 Å². The van der Waals surface area contributed by atoms with Crippen LogP contribution in [0.5, 0.6) is 0 Å². The molecular weight excluding hydrogens is 545 g/mol. The number of nitrogens with zero attached hydrogens (tertiary/aromatic N) is 4. The molecule has 2 aromatic carbocycles. The first-order chi connectivity index (χ1) is 20.5. The number of halogens is 1. The average Bonchev–Trinajstić information content (AvgIpc) is 3.77. The van der Waals surface area contributed by atoms with Crippen LogP contribution in [0, 0.1) is 0 Å². The number of anilines is 1. The Morgan fingerprint density at radius 2 is 1.67 bits per heavy atom. The highest BCUT2D eigenvalue weighted by Crippen LogP contribution is 2.37. The van der Waals surface area contributed by atoms with Crippen LogP contribution < -0.4 is 5.32 Å². The maximum Gasteiger partial charge on any atom is 0.338 e. The number of rotatable bonds is 9. The van der Waals surface area contributed by atoms with Crippen molar-refractivity contribution in [1.82, 2.24) is 19.5 Å². The summed E-state index contributed by atoms with van der Waals surface area (Å²) in [6, 6.07) is 16.8. The number of carbonyl (C=O) groups excluding carboxylic acids is 2. The first-order valence-electron chi connectivity index (χ1n) is 13.9. The molecule has 42 heavy (non-hydrogen) atoms. The number of aromatic nitrogens is 4. The van der Waals surface area contributed by atoms with E-state index in [1.165, 1.54) is 10.9 Å². The molecule has 0 bridgehead atoms. The molecule has 2 fully saturated rings. The molecule has 2 N–H and O–H groups in total. The number of aliphatic hydroxyl groups excluding tert-OH is 1. The Balaban J connectivity index is 1.29. The van der Waals surface area contributed by atoms with Gasteiger partial charge in [0.1, 0.15) is 19.3 Å². The second-order valence-corrected chi connectivity index (χ2v) is 10.3. The molecule has 1 aliphatic carbocycles. The first kappa shape index (κ1) is 27.7. The molecule has 11 nitrogen and oxygen atoms in total. The third-order valence-electron chi connectivity index (χ3n) is 7.49. The SMILES string of the molecule is O=C(OC[C@H]1O[C@@H](n2cnc3c(NC4CCCC4)nc(CO)nc32)[C@@H](F)[C@@H]1OC(=O)c1ccccc1)c1ccccc1. The fourth-order valence-electron chi connectivity index (χ4n) is 5.36. The van der Waals surface area contributed by atoms with E-state index in [1.807, 2.05) is 0 Å². The molecule has 0 unspecified atom stereocenters. The van der Waals surface area contributed by atoms with Crippen LogP contribution in [-0.4, -0.2) is 67.6 Å². The molecule has 4 atom stereocenters. The van der Waals surface area contributed by atoms with Gasteiger partial charge in [0.05, 0.1) is 17.5 Å². The highest BCUT2D eigenvalue weighted by atomic mass is 19.1. The molecule has 1 saturated carbocycles. The van der Waals surface area contributed by atoms with E-state index in [1.54, 1.807) is 60.7 Å². The zero-order chi connectivity index (χ0) is 29.1. The van der Waals surface area contributed by atoms with Gasteiger partial charge in [-0.3, -0.25) is 4.57 Å². The maximum atomic E-state index is 16.2. The normalized spacial score (nSPS) is 22.3. The third-order valence-corrected chi connectivity index (χ3v) is 7.49. The van der Waals surface area contributed by atoms with E-state index in [4.69, 9.17) is 14.2 Å². The third kappa shape index (κ3) is 5.68. The smallest absolute Gasteiger partial charge is 0.338 e. The van der Waals surface area contributed by atoms with Crippen molar-refractivity contribution in [1.29, 1.82) is 0 Å². The van der Waals surface area contributed by atoms with Crippen LogP contribution in [0.15, 0.2) is 67.0 Å². The number of aliphatic hydroxyl groups is 1. The van der Waals surface area contributed by atoms with Gasteiger partial charge < -0.3 is 24.6 Å². The summed E-state index contributed by atoms with van der Waals surface area (Å²) in [7, 11) is 0. The summed E-state index contributed by atoms with van der Waals surface area (Å²) < 4.78 is 34.7. The molecule has 12 heteroatoms. The molecule has 1 saturated heterocycles. The summed E-state index contributed by atoms with van der Waals surface area (Å²) in [4.78, 5) is 38.8. The number of hydrogen-bond acceptors (Lipinski definition) is 10. The number of nitrogens with one attached hydrogen (secondary N) is 1. The number of carbonyl (C=O) groups is 2. The molecule has 2 aromatic heterocycles. The lowest BCUT2D eigenvalue weighted by Gasteiger charge is -2.19. The molecule has 1 aliphatic heterocycles. The van der Waals surface area contributed by atoms with Crippen LogP contribution in [0.1, 0.15) is 58.5 Å². The number of hydrogen-bond donors (Lipinski definition) is 2. The number of imidazole rings is 1. The van der Waals surface area contributed by atoms with E-state index in [-0.39, 0.29) is 29.7 Å². The predicted octanol–water partition coefficient (Wildman–Crippen LogP) is 3.99. The molecule has 218 valence electrons. The minimum atomic E-state index is -1.87. The van der Waals surface area contributed by atoms with Gasteiger partial charge in [0.15, 0.2) is 41.3 Å². The lowest BCUT2D eigenvalue weighted by Crippen LogP contribution is -2.37. The Bertz CT molecular complexity index is 1550. The molecule has 2 aliphatic rings. The number of fused-ring (bicyclic) bond motifs is 1. The highest BCUT2D eigenvalue weighted by Gasteiger charge is 2.50. The Kier molecular flexibility index (Phi) is 8.06. The van der Waals surface area contributed by atoms with E-state index in [0.717, 1.165) is 25.7 Å². The Labute approximate surface area is 240 Å². The number of alkyl halides is 1. The van der Waals surface area contributed by atoms with Crippen molar-refractivity contribution in [3.63, 3.8) is 0 Å². The zero-order valence-electron chi connectivity index (χ0n) is 22.6. The van der Waals surface area contributed by atoms with Gasteiger partial charge in [0.2, 0.25) is 0 Å². The molecule has 0 amide bonds. The number of esters is 2. The summed E-state index contributed by atoms with van der Waals surface area (Å²) in [5, 5.41) is 13.2. The number of benzene rings is 2. The highest BCUT2D eigenvalue weighted by molar-refractivity contribution is 5.90. The maximum absolute atomic E-state index is 16.2. The lowest BCUT2D eigenvalue weighted by molar-refractivity contribution is -0.0570. The summed E-state index contributed by atoms with van der Waals surface area (Å²) in [5.41, 5.74) is 1.20. The molecule has 0 radical (unpaired) electrons. The monoisotopic (exact) mass is 575 g/mol. The first-order valence-corrected chi connectivity index (χ1v) is 13.9. The second kappa shape index (κ2) is 12.2. The molecule has 0 spiro atoms. The molecule has 6 rings (SSSR count). The van der Waals surface area contributed by atoms with Gasteiger partial charge in [-0.1, -0.05) is 49.2 Å². The van der Waals surface area contributed by atoms with Crippen LogP contribution in [-0.2, 0) is 20.8 Å². The van der Waals surface area contributed by atoms with Crippen molar-refractivity contribution in [2.24, 2.45) is 0 Å². The molecular formula is C30H30FN5O6. The minimum Gasteiger partial charge on any atom is -0.459 e. The standard InChI is InChI=1S/C30H30FN5O6/c31-23-25(42-30(39)19-11-5-2-6-12-19)21(16-40-29(38)18-9-3-1-4-10-18)41-28(23)36-17-32-24-26(33-20-13-7-8-14-20)34-22(15-37)35-27(24)36/h1-6,9-12,17,20-21,23,25,28,37H,7-8,13-16H2,(H,33,34,35)/t21-,23+,25-,28-/m1/s1. The van der Waals surface area contributed by atoms with Crippen LogP contribution in [0.4, 0.5) is 10.2 Å². The van der Waals surface area contributed by atoms with E-state index in [2.05, 4.69) is 20.3 Å². The van der Waals surface area contributed by atoms with Crippen LogP contribution in [0.3, 0.4) is 0 Å².